The van der Waals surface area contributed by atoms with Gasteiger partial charge in [0, 0.05) is 24.2 Å². The first-order valence-corrected chi connectivity index (χ1v) is 11.1. The second-order valence-corrected chi connectivity index (χ2v) is 9.06. The van der Waals surface area contributed by atoms with E-state index < -0.39 is 0 Å². The van der Waals surface area contributed by atoms with Gasteiger partial charge in [-0.25, -0.2) is 0 Å². The van der Waals surface area contributed by atoms with E-state index in [9.17, 15) is 4.79 Å². The summed E-state index contributed by atoms with van der Waals surface area (Å²) < 4.78 is 5.97. The van der Waals surface area contributed by atoms with Crippen LogP contribution in [0.2, 0.25) is 0 Å². The Morgan fingerprint density at radius 1 is 1.18 bits per heavy atom. The van der Waals surface area contributed by atoms with E-state index in [1.807, 2.05) is 25.1 Å². The highest BCUT2D eigenvalue weighted by Gasteiger charge is 2.40. The van der Waals surface area contributed by atoms with Crippen molar-refractivity contribution in [3.8, 4) is 5.75 Å². The van der Waals surface area contributed by atoms with Gasteiger partial charge in [-0.3, -0.25) is 9.69 Å². The molecule has 3 aliphatic rings. The highest BCUT2D eigenvalue weighted by Crippen LogP contribution is 2.42. The minimum absolute atomic E-state index is 0.104. The lowest BCUT2D eigenvalue weighted by Crippen LogP contribution is -2.48. The number of carbonyl (C=O) groups is 1. The van der Waals surface area contributed by atoms with E-state index in [1.54, 1.807) is 0 Å². The quantitative estimate of drug-likeness (QED) is 0.786. The molecule has 1 saturated heterocycles. The third-order valence-corrected chi connectivity index (χ3v) is 7.09. The first kappa shape index (κ1) is 19.7. The molecule has 1 aromatic carbocycles. The van der Waals surface area contributed by atoms with Crippen molar-refractivity contribution in [2.75, 3.05) is 31.6 Å². The van der Waals surface area contributed by atoms with Gasteiger partial charge in [-0.2, -0.15) is 0 Å². The van der Waals surface area contributed by atoms with Gasteiger partial charge in [-0.1, -0.05) is 6.42 Å². The van der Waals surface area contributed by atoms with Crippen molar-refractivity contribution in [2.45, 2.75) is 57.9 Å². The minimum Gasteiger partial charge on any atom is -0.492 e. The number of hydrogen-bond donors (Lipinski definition) is 2. The second kappa shape index (κ2) is 8.83. The van der Waals surface area contributed by atoms with Gasteiger partial charge < -0.3 is 15.8 Å². The summed E-state index contributed by atoms with van der Waals surface area (Å²) in [6.07, 6.45) is 8.15. The summed E-state index contributed by atoms with van der Waals surface area (Å²) >= 11 is 0. The van der Waals surface area contributed by atoms with E-state index in [0.717, 1.165) is 43.0 Å². The van der Waals surface area contributed by atoms with E-state index in [4.69, 9.17) is 10.5 Å². The molecule has 2 saturated carbocycles. The summed E-state index contributed by atoms with van der Waals surface area (Å²) in [6, 6.07) is 6.28. The summed E-state index contributed by atoms with van der Waals surface area (Å²) in [5.41, 5.74) is 8.31. The molecule has 5 nitrogen and oxygen atoms in total. The summed E-state index contributed by atoms with van der Waals surface area (Å²) in [5, 5.41) is 3.14. The predicted molar refractivity (Wildman–Crippen MR) is 113 cm³/mol. The zero-order valence-electron chi connectivity index (χ0n) is 17.2. The van der Waals surface area contributed by atoms with E-state index in [0.29, 0.717) is 17.9 Å². The SMILES string of the molecule is Cc1cc(NC(=O)C2CC3CCCC(C2)C3N)ccc1OCCN1CCCC1. The molecule has 1 heterocycles. The highest BCUT2D eigenvalue weighted by atomic mass is 16.5. The van der Waals surface area contributed by atoms with Gasteiger partial charge in [-0.15, -0.1) is 0 Å². The van der Waals surface area contributed by atoms with Gasteiger partial charge in [0.25, 0.3) is 0 Å². The van der Waals surface area contributed by atoms with E-state index >= 15 is 0 Å². The second-order valence-electron chi connectivity index (χ2n) is 9.06. The molecule has 2 unspecified atom stereocenters. The molecule has 4 rings (SSSR count). The fraction of sp³-hybridized carbons (Fsp3) is 0.696. The van der Waals surface area contributed by atoms with Crippen molar-refractivity contribution >= 4 is 11.6 Å². The Morgan fingerprint density at radius 3 is 2.57 bits per heavy atom. The number of amides is 1. The van der Waals surface area contributed by atoms with Gasteiger partial charge in [0.2, 0.25) is 5.91 Å². The number of nitrogens with zero attached hydrogens (tertiary/aromatic N) is 1. The number of nitrogens with two attached hydrogens (primary N) is 1. The zero-order valence-corrected chi connectivity index (χ0v) is 17.2. The first-order valence-electron chi connectivity index (χ1n) is 11.1. The van der Waals surface area contributed by atoms with Gasteiger partial charge in [0.05, 0.1) is 0 Å². The third-order valence-electron chi connectivity index (χ3n) is 7.09. The van der Waals surface area contributed by atoms with E-state index in [-0.39, 0.29) is 11.8 Å². The Labute approximate surface area is 169 Å². The lowest BCUT2D eigenvalue weighted by Gasteiger charge is -2.43. The monoisotopic (exact) mass is 385 g/mol. The van der Waals surface area contributed by atoms with Crippen LogP contribution in [0.5, 0.6) is 5.75 Å². The van der Waals surface area contributed by atoms with E-state index in [2.05, 4.69) is 10.2 Å². The van der Waals surface area contributed by atoms with Crippen LogP contribution in [0.1, 0.15) is 50.5 Å². The van der Waals surface area contributed by atoms with Gasteiger partial charge in [0.15, 0.2) is 0 Å². The topological polar surface area (TPSA) is 67.6 Å². The van der Waals surface area contributed by atoms with Crippen LogP contribution in [-0.4, -0.2) is 43.1 Å². The number of hydrogen-bond acceptors (Lipinski definition) is 4. The number of likely N-dealkylation sites (tertiary alicyclic amines) is 1. The van der Waals surface area contributed by atoms with Gasteiger partial charge in [-0.05, 0) is 94.1 Å². The smallest absolute Gasteiger partial charge is 0.227 e. The predicted octanol–water partition coefficient (Wildman–Crippen LogP) is 3.56. The molecule has 2 atom stereocenters. The summed E-state index contributed by atoms with van der Waals surface area (Å²) in [4.78, 5) is 15.3. The van der Waals surface area contributed by atoms with Crippen LogP contribution >= 0.6 is 0 Å². The van der Waals surface area contributed by atoms with Crippen LogP contribution in [0.3, 0.4) is 0 Å². The highest BCUT2D eigenvalue weighted by molar-refractivity contribution is 5.92. The van der Waals surface area contributed by atoms with Gasteiger partial charge in [0.1, 0.15) is 12.4 Å². The molecular weight excluding hydrogens is 350 g/mol. The molecule has 154 valence electrons. The average Bonchev–Trinajstić information content (AvgIpc) is 3.16. The van der Waals surface area contributed by atoms with Crippen LogP contribution in [0.25, 0.3) is 0 Å². The standard InChI is InChI=1S/C23H35N3O2/c1-16-13-20(7-8-21(16)28-12-11-26-9-2-3-10-26)25-23(27)19-14-17-5-4-6-18(15-19)22(17)24/h7-8,13,17-19,22H,2-6,9-12,14-15,24H2,1H3,(H,25,27). The van der Waals surface area contributed by atoms with Crippen LogP contribution in [-0.2, 0) is 4.79 Å². The summed E-state index contributed by atoms with van der Waals surface area (Å²) in [6.45, 7) is 6.15. The number of anilines is 1. The van der Waals surface area contributed by atoms with Crippen LogP contribution in [0.4, 0.5) is 5.69 Å². The Hall–Kier alpha value is -1.59. The molecule has 0 spiro atoms. The maximum Gasteiger partial charge on any atom is 0.227 e. The number of aryl methyl sites for hydroxylation is 1. The third kappa shape index (κ3) is 4.52. The lowest BCUT2D eigenvalue weighted by atomic mass is 9.65. The molecule has 28 heavy (non-hydrogen) atoms. The van der Waals surface area contributed by atoms with Crippen molar-refractivity contribution in [1.82, 2.24) is 4.90 Å². The average molecular weight is 386 g/mol. The normalized spacial score (nSPS) is 30.2. The van der Waals surface area contributed by atoms with Crippen molar-refractivity contribution in [3.05, 3.63) is 23.8 Å². The van der Waals surface area contributed by atoms with E-state index in [1.165, 1.54) is 45.2 Å². The van der Waals surface area contributed by atoms with Crippen LogP contribution < -0.4 is 15.8 Å². The molecule has 5 heteroatoms. The number of fused-ring (bicyclic) bond motifs is 2. The summed E-state index contributed by atoms with van der Waals surface area (Å²) in [5.74, 6) is 2.22. The van der Waals surface area contributed by atoms with Crippen molar-refractivity contribution in [3.63, 3.8) is 0 Å². The number of ether oxygens (including phenoxy) is 1. The molecule has 3 fully saturated rings. The van der Waals surface area contributed by atoms with Crippen molar-refractivity contribution in [1.29, 1.82) is 0 Å². The Kier molecular flexibility index (Phi) is 6.22. The Morgan fingerprint density at radius 2 is 1.89 bits per heavy atom. The Bertz CT molecular complexity index is 672. The molecule has 0 aromatic heterocycles. The Balaban J connectivity index is 1.29. The molecule has 2 bridgehead atoms. The molecule has 2 aliphatic carbocycles. The zero-order chi connectivity index (χ0) is 19.5. The number of carbonyl (C=O) groups excluding carboxylic acids is 1. The molecular formula is C23H35N3O2. The van der Waals surface area contributed by atoms with Crippen LogP contribution in [0, 0.1) is 24.7 Å². The van der Waals surface area contributed by atoms with Gasteiger partial charge >= 0.3 is 0 Å². The summed E-state index contributed by atoms with van der Waals surface area (Å²) in [7, 11) is 0. The van der Waals surface area contributed by atoms with Crippen molar-refractivity contribution in [2.24, 2.45) is 23.5 Å². The number of benzene rings is 1. The lowest BCUT2D eigenvalue weighted by molar-refractivity contribution is -0.122. The maximum atomic E-state index is 12.8. The first-order chi connectivity index (χ1) is 13.6. The maximum absolute atomic E-state index is 12.8. The number of nitrogens with one attached hydrogen (secondary N) is 1. The number of rotatable bonds is 6. The molecule has 1 amide bonds. The molecule has 1 aliphatic heterocycles. The van der Waals surface area contributed by atoms with Crippen molar-refractivity contribution < 1.29 is 9.53 Å². The largest absolute Gasteiger partial charge is 0.492 e. The fourth-order valence-corrected chi connectivity index (χ4v) is 5.43. The molecule has 1 aromatic rings. The fourth-order valence-electron chi connectivity index (χ4n) is 5.43. The minimum atomic E-state index is 0.104. The van der Waals surface area contributed by atoms with Crippen LogP contribution in [0.15, 0.2) is 18.2 Å². The molecule has 3 N–H and O–H groups in total. The molecule has 0 radical (unpaired) electrons.